The Kier molecular flexibility index (Phi) is 3.31. The molecule has 92 valence electrons. The van der Waals surface area contributed by atoms with Crippen molar-refractivity contribution in [3.63, 3.8) is 0 Å². The van der Waals surface area contributed by atoms with Crippen LogP contribution >= 0.6 is 0 Å². The molecule has 1 aromatic rings. The van der Waals surface area contributed by atoms with Gasteiger partial charge in [0.05, 0.1) is 5.56 Å². The van der Waals surface area contributed by atoms with E-state index in [0.29, 0.717) is 5.92 Å². The number of hydrogen-bond acceptors (Lipinski definition) is 2. The van der Waals surface area contributed by atoms with E-state index in [9.17, 15) is 14.3 Å². The monoisotopic (exact) mass is 237 g/mol. The molecule has 1 aromatic carbocycles. The van der Waals surface area contributed by atoms with Gasteiger partial charge in [-0.3, -0.25) is 4.79 Å². The first-order chi connectivity index (χ1) is 8.08. The van der Waals surface area contributed by atoms with Crippen LogP contribution in [0.5, 0.6) is 5.75 Å². The van der Waals surface area contributed by atoms with Gasteiger partial charge in [-0.25, -0.2) is 4.39 Å². The third-order valence-corrected chi connectivity index (χ3v) is 3.42. The molecule has 0 aromatic heterocycles. The molecule has 1 aliphatic carbocycles. The summed E-state index contributed by atoms with van der Waals surface area (Å²) in [6.45, 7) is 1.96. The van der Waals surface area contributed by atoms with Gasteiger partial charge in [-0.15, -0.1) is 0 Å². The van der Waals surface area contributed by atoms with Gasteiger partial charge in [-0.1, -0.05) is 6.42 Å². The van der Waals surface area contributed by atoms with Crippen LogP contribution in [-0.2, 0) is 0 Å². The number of rotatable bonds is 3. The first-order valence-electron chi connectivity index (χ1n) is 5.87. The van der Waals surface area contributed by atoms with Crippen LogP contribution in [-0.4, -0.2) is 17.1 Å². The molecule has 1 fully saturated rings. The quantitative estimate of drug-likeness (QED) is 0.848. The van der Waals surface area contributed by atoms with E-state index in [1.165, 1.54) is 18.6 Å². The van der Waals surface area contributed by atoms with Crippen LogP contribution in [0.1, 0.15) is 36.5 Å². The van der Waals surface area contributed by atoms with Crippen molar-refractivity contribution in [3.8, 4) is 5.75 Å². The van der Waals surface area contributed by atoms with Crippen LogP contribution in [0, 0.1) is 11.7 Å². The summed E-state index contributed by atoms with van der Waals surface area (Å²) in [7, 11) is 0. The molecular weight excluding hydrogens is 221 g/mol. The smallest absolute Gasteiger partial charge is 0.255 e. The lowest BCUT2D eigenvalue weighted by atomic mass is 9.80. The van der Waals surface area contributed by atoms with E-state index in [4.69, 9.17) is 0 Å². The van der Waals surface area contributed by atoms with Crippen molar-refractivity contribution >= 4 is 5.91 Å². The Labute approximate surface area is 99.7 Å². The molecule has 0 radical (unpaired) electrons. The number of phenols is 1. The Morgan fingerprint density at radius 1 is 1.53 bits per heavy atom. The molecule has 2 N–H and O–H groups in total. The van der Waals surface area contributed by atoms with Crippen LogP contribution in [0.2, 0.25) is 0 Å². The molecule has 1 atom stereocenters. The standard InChI is InChI=1S/C13H16FNO2/c1-8(9-3-2-4-9)15-13(17)11-6-5-10(14)7-12(11)16/h5-9,16H,2-4H2,1H3,(H,15,17). The average Bonchev–Trinajstić information content (AvgIpc) is 2.13. The summed E-state index contributed by atoms with van der Waals surface area (Å²) in [5.74, 6) is -0.683. The van der Waals surface area contributed by atoms with Gasteiger partial charge in [0.1, 0.15) is 11.6 Å². The molecule has 4 heteroatoms. The SMILES string of the molecule is CC(NC(=O)c1ccc(F)cc1O)C1CCC1. The fourth-order valence-electron chi connectivity index (χ4n) is 2.04. The Bertz CT molecular complexity index is 429. The van der Waals surface area contributed by atoms with Crippen molar-refractivity contribution in [3.05, 3.63) is 29.6 Å². The van der Waals surface area contributed by atoms with Crippen molar-refractivity contribution in [1.29, 1.82) is 0 Å². The van der Waals surface area contributed by atoms with E-state index in [1.54, 1.807) is 0 Å². The first kappa shape index (κ1) is 11.9. The highest BCUT2D eigenvalue weighted by molar-refractivity contribution is 5.96. The highest BCUT2D eigenvalue weighted by Crippen LogP contribution is 2.29. The topological polar surface area (TPSA) is 49.3 Å². The number of aromatic hydroxyl groups is 1. The van der Waals surface area contributed by atoms with Gasteiger partial charge in [0.15, 0.2) is 0 Å². The lowest BCUT2D eigenvalue weighted by molar-refractivity contribution is 0.0906. The predicted octanol–water partition coefficient (Wildman–Crippen LogP) is 2.45. The zero-order chi connectivity index (χ0) is 12.4. The van der Waals surface area contributed by atoms with Crippen LogP contribution < -0.4 is 5.32 Å². The molecule has 0 spiro atoms. The second kappa shape index (κ2) is 4.73. The second-order valence-corrected chi connectivity index (χ2v) is 4.61. The van der Waals surface area contributed by atoms with Gasteiger partial charge in [-0.2, -0.15) is 0 Å². The van der Waals surface area contributed by atoms with E-state index in [-0.39, 0.29) is 23.3 Å². The van der Waals surface area contributed by atoms with E-state index in [1.807, 2.05) is 6.92 Å². The second-order valence-electron chi connectivity index (χ2n) is 4.61. The highest BCUT2D eigenvalue weighted by Gasteiger charge is 2.25. The maximum atomic E-state index is 12.8. The molecule has 1 aliphatic rings. The van der Waals surface area contributed by atoms with Crippen molar-refractivity contribution in [2.45, 2.75) is 32.2 Å². The zero-order valence-electron chi connectivity index (χ0n) is 9.74. The largest absolute Gasteiger partial charge is 0.507 e. The van der Waals surface area contributed by atoms with Crippen molar-refractivity contribution < 1.29 is 14.3 Å². The van der Waals surface area contributed by atoms with Gasteiger partial charge in [0.2, 0.25) is 0 Å². The molecule has 1 amide bonds. The number of phenolic OH excluding ortho intramolecular Hbond substituents is 1. The van der Waals surface area contributed by atoms with Gasteiger partial charge in [0.25, 0.3) is 5.91 Å². The van der Waals surface area contributed by atoms with Crippen molar-refractivity contribution in [2.75, 3.05) is 0 Å². The maximum Gasteiger partial charge on any atom is 0.255 e. The summed E-state index contributed by atoms with van der Waals surface area (Å²) in [4.78, 5) is 11.8. The molecule has 2 rings (SSSR count). The van der Waals surface area contributed by atoms with Crippen molar-refractivity contribution in [2.24, 2.45) is 5.92 Å². The Morgan fingerprint density at radius 2 is 2.24 bits per heavy atom. The van der Waals surface area contributed by atoms with E-state index in [0.717, 1.165) is 18.9 Å². The molecule has 0 bridgehead atoms. The fraction of sp³-hybridized carbons (Fsp3) is 0.462. The summed E-state index contributed by atoms with van der Waals surface area (Å²) in [5.41, 5.74) is 0.123. The molecule has 0 aliphatic heterocycles. The Balaban J connectivity index is 2.03. The van der Waals surface area contributed by atoms with Gasteiger partial charge in [-0.05, 0) is 37.8 Å². The Morgan fingerprint density at radius 3 is 2.76 bits per heavy atom. The molecule has 17 heavy (non-hydrogen) atoms. The number of carbonyl (C=O) groups excluding carboxylic acids is 1. The minimum absolute atomic E-state index is 0.0979. The summed E-state index contributed by atoms with van der Waals surface area (Å²) in [6, 6.07) is 3.51. The van der Waals surface area contributed by atoms with Crippen molar-refractivity contribution in [1.82, 2.24) is 5.32 Å². The van der Waals surface area contributed by atoms with Crippen LogP contribution in [0.3, 0.4) is 0 Å². The molecule has 1 saturated carbocycles. The molecule has 1 unspecified atom stereocenters. The molecule has 0 saturated heterocycles. The minimum atomic E-state index is -0.550. The molecular formula is C13H16FNO2. The van der Waals surface area contributed by atoms with Crippen LogP contribution in [0.15, 0.2) is 18.2 Å². The number of benzene rings is 1. The average molecular weight is 237 g/mol. The highest BCUT2D eigenvalue weighted by atomic mass is 19.1. The van der Waals surface area contributed by atoms with Gasteiger partial charge < -0.3 is 10.4 Å². The number of amides is 1. The van der Waals surface area contributed by atoms with E-state index in [2.05, 4.69) is 5.32 Å². The van der Waals surface area contributed by atoms with E-state index >= 15 is 0 Å². The summed E-state index contributed by atoms with van der Waals surface area (Å²) < 4.78 is 12.8. The summed E-state index contributed by atoms with van der Waals surface area (Å²) >= 11 is 0. The Hall–Kier alpha value is -1.58. The number of nitrogens with one attached hydrogen (secondary N) is 1. The lowest BCUT2D eigenvalue weighted by Gasteiger charge is -2.31. The fourth-order valence-corrected chi connectivity index (χ4v) is 2.04. The van der Waals surface area contributed by atoms with Crippen LogP contribution in [0.25, 0.3) is 0 Å². The third kappa shape index (κ3) is 2.57. The predicted molar refractivity (Wildman–Crippen MR) is 62.3 cm³/mol. The zero-order valence-corrected chi connectivity index (χ0v) is 9.74. The minimum Gasteiger partial charge on any atom is -0.507 e. The maximum absolute atomic E-state index is 12.8. The van der Waals surface area contributed by atoms with Gasteiger partial charge >= 0.3 is 0 Å². The summed E-state index contributed by atoms with van der Waals surface area (Å²) in [6.07, 6.45) is 3.49. The third-order valence-electron chi connectivity index (χ3n) is 3.42. The number of carbonyl (C=O) groups is 1. The van der Waals surface area contributed by atoms with Crippen LogP contribution in [0.4, 0.5) is 4.39 Å². The number of hydrogen-bond donors (Lipinski definition) is 2. The first-order valence-corrected chi connectivity index (χ1v) is 5.87. The number of halogens is 1. The van der Waals surface area contributed by atoms with Gasteiger partial charge in [0, 0.05) is 12.1 Å². The summed E-state index contributed by atoms with van der Waals surface area (Å²) in [5, 5.41) is 12.3. The van der Waals surface area contributed by atoms with E-state index < -0.39 is 5.82 Å². The molecule has 3 nitrogen and oxygen atoms in total. The molecule has 0 heterocycles. The normalized spacial score (nSPS) is 17.3. The lowest BCUT2D eigenvalue weighted by Crippen LogP contribution is -2.40.